The van der Waals surface area contributed by atoms with Crippen molar-refractivity contribution in [1.29, 1.82) is 0 Å². The Kier molecular flexibility index (Phi) is 2.42. The average molecular weight is 156 g/mol. The minimum atomic E-state index is -0.707. The number of carbonyl (C=O) groups is 1. The molecule has 1 fully saturated rings. The van der Waals surface area contributed by atoms with Gasteiger partial charge in [0.25, 0.3) is 0 Å². The van der Waals surface area contributed by atoms with E-state index >= 15 is 0 Å². The fourth-order valence-corrected chi connectivity index (χ4v) is 1.22. The number of hydrogen-bond acceptors (Lipinski definition) is 3. The van der Waals surface area contributed by atoms with Crippen LogP contribution >= 0.6 is 0 Å². The highest BCUT2D eigenvalue weighted by Gasteiger charge is 2.29. The lowest BCUT2D eigenvalue weighted by Crippen LogP contribution is -2.33. The first-order valence-corrected chi connectivity index (χ1v) is 3.56. The zero-order valence-electron chi connectivity index (χ0n) is 6.54. The number of aliphatic hydroxyl groups is 1. The maximum absolute atomic E-state index is 10.9. The molecule has 3 heteroatoms. The number of rotatable bonds is 1. The van der Waals surface area contributed by atoms with E-state index in [2.05, 4.69) is 6.58 Å². The second-order valence-corrected chi connectivity index (χ2v) is 2.76. The topological polar surface area (TPSA) is 46.5 Å². The summed E-state index contributed by atoms with van der Waals surface area (Å²) >= 11 is 0. The fraction of sp³-hybridized carbons (Fsp3) is 0.625. The molecule has 0 amide bonds. The Labute approximate surface area is 65.7 Å². The van der Waals surface area contributed by atoms with E-state index < -0.39 is 6.10 Å². The number of methoxy groups -OCH3 is 1. The third-order valence-corrected chi connectivity index (χ3v) is 1.96. The van der Waals surface area contributed by atoms with E-state index in [1.807, 2.05) is 0 Å². The van der Waals surface area contributed by atoms with Gasteiger partial charge in [0.2, 0.25) is 0 Å². The molecule has 0 bridgehead atoms. The number of aliphatic hydroxyl groups excluding tert-OH is 1. The third-order valence-electron chi connectivity index (χ3n) is 1.96. The van der Waals surface area contributed by atoms with Gasteiger partial charge in [-0.3, -0.25) is 4.79 Å². The van der Waals surface area contributed by atoms with Gasteiger partial charge in [0, 0.05) is 20.0 Å². The first kappa shape index (κ1) is 8.43. The molecule has 11 heavy (non-hydrogen) atoms. The van der Waals surface area contributed by atoms with E-state index in [9.17, 15) is 9.90 Å². The van der Waals surface area contributed by atoms with Crippen LogP contribution in [0.15, 0.2) is 12.2 Å². The van der Waals surface area contributed by atoms with Gasteiger partial charge >= 0.3 is 0 Å². The van der Waals surface area contributed by atoms with Crippen LogP contribution in [0.5, 0.6) is 0 Å². The Bertz CT molecular complexity index is 186. The third kappa shape index (κ3) is 1.67. The number of ether oxygens (including phenoxy) is 1. The predicted octanol–water partition coefficient (Wildman–Crippen LogP) is 0.281. The molecule has 1 N–H and O–H groups in total. The van der Waals surface area contributed by atoms with Crippen molar-refractivity contribution in [3.8, 4) is 0 Å². The molecule has 0 spiro atoms. The smallest absolute Gasteiger partial charge is 0.138 e. The molecule has 0 aromatic carbocycles. The summed E-state index contributed by atoms with van der Waals surface area (Å²) in [5.74, 6) is 0.0387. The van der Waals surface area contributed by atoms with Crippen LogP contribution in [-0.2, 0) is 9.53 Å². The molecule has 0 aromatic rings. The highest BCUT2D eigenvalue weighted by molar-refractivity contribution is 5.81. The van der Waals surface area contributed by atoms with Gasteiger partial charge in [-0.2, -0.15) is 0 Å². The van der Waals surface area contributed by atoms with E-state index in [1.54, 1.807) is 0 Å². The summed E-state index contributed by atoms with van der Waals surface area (Å²) < 4.78 is 4.96. The molecule has 2 atom stereocenters. The van der Waals surface area contributed by atoms with Gasteiger partial charge in [-0.05, 0) is 5.57 Å². The average Bonchev–Trinajstić information content (AvgIpc) is 1.96. The van der Waals surface area contributed by atoms with Gasteiger partial charge < -0.3 is 9.84 Å². The van der Waals surface area contributed by atoms with Crippen molar-refractivity contribution in [3.05, 3.63) is 12.2 Å². The summed E-state index contributed by atoms with van der Waals surface area (Å²) in [5.41, 5.74) is 0.618. The Balaban J connectivity index is 2.66. The fourth-order valence-electron chi connectivity index (χ4n) is 1.22. The Morgan fingerprint density at radius 2 is 2.27 bits per heavy atom. The predicted molar refractivity (Wildman–Crippen MR) is 40.2 cm³/mol. The van der Waals surface area contributed by atoms with E-state index in [0.717, 1.165) is 0 Å². The van der Waals surface area contributed by atoms with Gasteiger partial charge in [0.1, 0.15) is 5.78 Å². The van der Waals surface area contributed by atoms with Crippen LogP contribution in [0.3, 0.4) is 0 Å². The van der Waals surface area contributed by atoms with Crippen LogP contribution in [0.2, 0.25) is 0 Å². The van der Waals surface area contributed by atoms with Crippen LogP contribution in [0, 0.1) is 0 Å². The summed E-state index contributed by atoms with van der Waals surface area (Å²) in [6, 6.07) is 0. The molecule has 1 aliphatic rings. The maximum atomic E-state index is 10.9. The number of Topliss-reactive ketones (excluding diaryl/α,β-unsaturated/α-hetero) is 1. The van der Waals surface area contributed by atoms with Gasteiger partial charge in [0.05, 0.1) is 12.2 Å². The zero-order chi connectivity index (χ0) is 8.43. The van der Waals surface area contributed by atoms with Crippen molar-refractivity contribution in [2.24, 2.45) is 0 Å². The molecule has 2 unspecified atom stereocenters. The molecule has 0 radical (unpaired) electrons. The van der Waals surface area contributed by atoms with Crippen molar-refractivity contribution in [3.63, 3.8) is 0 Å². The van der Waals surface area contributed by atoms with Crippen molar-refractivity contribution >= 4 is 5.78 Å². The van der Waals surface area contributed by atoms with Crippen molar-refractivity contribution in [2.45, 2.75) is 25.0 Å². The van der Waals surface area contributed by atoms with Crippen LogP contribution < -0.4 is 0 Å². The molecule has 0 aliphatic heterocycles. The minimum absolute atomic E-state index is 0.0387. The first-order valence-electron chi connectivity index (χ1n) is 3.56. The molecular weight excluding hydrogens is 144 g/mol. The second-order valence-electron chi connectivity index (χ2n) is 2.76. The van der Waals surface area contributed by atoms with Crippen molar-refractivity contribution < 1.29 is 14.6 Å². The van der Waals surface area contributed by atoms with Gasteiger partial charge in [-0.1, -0.05) is 6.58 Å². The van der Waals surface area contributed by atoms with E-state index in [-0.39, 0.29) is 18.3 Å². The molecule has 1 saturated carbocycles. The Hall–Kier alpha value is -0.670. The molecule has 62 valence electrons. The standard InChI is InChI=1S/C8H12O3/c1-5-7(10)3-6(9)4-8(5)11-2/h7-8,10H,1,3-4H2,2H3. The Morgan fingerprint density at radius 1 is 1.64 bits per heavy atom. The molecule has 3 nitrogen and oxygen atoms in total. The van der Waals surface area contributed by atoms with Gasteiger partial charge in [-0.25, -0.2) is 0 Å². The van der Waals surface area contributed by atoms with Gasteiger partial charge in [-0.15, -0.1) is 0 Å². The molecule has 0 aromatic heterocycles. The van der Waals surface area contributed by atoms with Crippen LogP contribution in [0.25, 0.3) is 0 Å². The van der Waals surface area contributed by atoms with Crippen LogP contribution in [0.1, 0.15) is 12.8 Å². The first-order chi connectivity index (χ1) is 5.15. The zero-order valence-corrected chi connectivity index (χ0v) is 6.54. The van der Waals surface area contributed by atoms with Crippen LogP contribution in [-0.4, -0.2) is 30.2 Å². The van der Waals surface area contributed by atoms with E-state index in [0.29, 0.717) is 12.0 Å². The van der Waals surface area contributed by atoms with E-state index in [1.165, 1.54) is 7.11 Å². The largest absolute Gasteiger partial charge is 0.388 e. The minimum Gasteiger partial charge on any atom is -0.388 e. The van der Waals surface area contributed by atoms with Crippen LogP contribution in [0.4, 0.5) is 0 Å². The second kappa shape index (κ2) is 3.15. The summed E-state index contributed by atoms with van der Waals surface area (Å²) in [4.78, 5) is 10.9. The number of carbonyl (C=O) groups excluding carboxylic acids is 1. The summed E-state index contributed by atoms with van der Waals surface area (Å²) in [5, 5.41) is 9.25. The molecule has 0 heterocycles. The van der Waals surface area contributed by atoms with Crippen molar-refractivity contribution in [2.75, 3.05) is 7.11 Å². The molecule has 0 saturated heterocycles. The molecular formula is C8H12O3. The SMILES string of the molecule is C=C1C(O)CC(=O)CC1OC. The molecule has 1 aliphatic carbocycles. The quantitative estimate of drug-likeness (QED) is 0.555. The van der Waals surface area contributed by atoms with Gasteiger partial charge in [0.15, 0.2) is 0 Å². The number of ketones is 1. The highest BCUT2D eigenvalue weighted by atomic mass is 16.5. The maximum Gasteiger partial charge on any atom is 0.138 e. The lowest BCUT2D eigenvalue weighted by molar-refractivity contribution is -0.124. The van der Waals surface area contributed by atoms with E-state index in [4.69, 9.17) is 4.74 Å². The monoisotopic (exact) mass is 156 g/mol. The summed E-state index contributed by atoms with van der Waals surface area (Å²) in [6.45, 7) is 3.65. The lowest BCUT2D eigenvalue weighted by atomic mass is 9.90. The lowest BCUT2D eigenvalue weighted by Gasteiger charge is -2.26. The Morgan fingerprint density at radius 3 is 2.82 bits per heavy atom. The number of hydrogen-bond donors (Lipinski definition) is 1. The normalized spacial score (nSPS) is 32.5. The summed E-state index contributed by atoms with van der Waals surface area (Å²) in [6.07, 6.45) is -0.446. The van der Waals surface area contributed by atoms with Crippen molar-refractivity contribution in [1.82, 2.24) is 0 Å². The highest BCUT2D eigenvalue weighted by Crippen LogP contribution is 2.22. The molecule has 1 rings (SSSR count). The summed E-state index contributed by atoms with van der Waals surface area (Å²) in [7, 11) is 1.52.